The fourth-order valence-electron chi connectivity index (χ4n) is 4.11. The van der Waals surface area contributed by atoms with E-state index in [0.717, 1.165) is 68.5 Å². The largest absolute Gasteiger partial charge is 0.491 e. The molecule has 0 bridgehead atoms. The van der Waals surface area contributed by atoms with Crippen LogP contribution in [0, 0.1) is 0 Å². The molecule has 7 heteroatoms. The van der Waals surface area contributed by atoms with E-state index in [1.54, 1.807) is 7.11 Å². The van der Waals surface area contributed by atoms with E-state index in [-0.39, 0.29) is 5.56 Å². The van der Waals surface area contributed by atoms with Crippen molar-refractivity contribution in [2.24, 2.45) is 0 Å². The van der Waals surface area contributed by atoms with Crippen LogP contribution in [0.3, 0.4) is 0 Å². The molecule has 0 radical (unpaired) electrons. The minimum Gasteiger partial charge on any atom is -0.491 e. The number of hydrogen-bond donors (Lipinski definition) is 1. The van der Waals surface area contributed by atoms with Gasteiger partial charge in [-0.1, -0.05) is 12.1 Å². The van der Waals surface area contributed by atoms with E-state index in [1.165, 1.54) is 18.4 Å². The Labute approximate surface area is 171 Å². The molecule has 1 fully saturated rings. The van der Waals surface area contributed by atoms with Gasteiger partial charge in [0, 0.05) is 51.8 Å². The third-order valence-electron chi connectivity index (χ3n) is 5.70. The van der Waals surface area contributed by atoms with Crippen molar-refractivity contribution in [1.82, 2.24) is 14.9 Å². The lowest BCUT2D eigenvalue weighted by Gasteiger charge is -2.20. The van der Waals surface area contributed by atoms with Crippen LogP contribution in [0.4, 0.5) is 5.95 Å². The van der Waals surface area contributed by atoms with Gasteiger partial charge in [0.15, 0.2) is 0 Å². The molecule has 0 amide bonds. The molecule has 2 aromatic rings. The Hall–Kier alpha value is -2.38. The van der Waals surface area contributed by atoms with Crippen molar-refractivity contribution in [2.45, 2.75) is 32.2 Å². The number of ether oxygens (including phenoxy) is 2. The van der Waals surface area contributed by atoms with E-state index in [1.807, 2.05) is 12.1 Å². The van der Waals surface area contributed by atoms with E-state index in [0.29, 0.717) is 13.2 Å². The molecule has 0 atom stereocenters. The molecule has 1 aromatic heterocycles. The van der Waals surface area contributed by atoms with Gasteiger partial charge < -0.3 is 14.4 Å². The molecule has 2 aliphatic heterocycles. The van der Waals surface area contributed by atoms with Crippen LogP contribution in [0.2, 0.25) is 0 Å². The molecule has 1 saturated heterocycles. The highest BCUT2D eigenvalue weighted by atomic mass is 16.5. The summed E-state index contributed by atoms with van der Waals surface area (Å²) < 4.78 is 10.8. The monoisotopic (exact) mass is 398 g/mol. The first kappa shape index (κ1) is 19.9. The Balaban J connectivity index is 1.41. The number of fused-ring (bicyclic) bond motifs is 1. The summed E-state index contributed by atoms with van der Waals surface area (Å²) >= 11 is 0. The zero-order valence-electron chi connectivity index (χ0n) is 17.2. The van der Waals surface area contributed by atoms with Gasteiger partial charge >= 0.3 is 0 Å². The van der Waals surface area contributed by atoms with Gasteiger partial charge in [-0.2, -0.15) is 0 Å². The molecule has 3 heterocycles. The summed E-state index contributed by atoms with van der Waals surface area (Å²) in [6, 6.07) is 8.21. The molecule has 0 unspecified atom stereocenters. The number of methoxy groups -OCH3 is 1. The van der Waals surface area contributed by atoms with Crippen LogP contribution in [0.5, 0.6) is 5.75 Å². The number of nitrogens with zero attached hydrogens (tertiary/aromatic N) is 3. The van der Waals surface area contributed by atoms with E-state index in [2.05, 4.69) is 26.9 Å². The lowest BCUT2D eigenvalue weighted by molar-refractivity contribution is 0.146. The molecular formula is C22H30N4O3. The second-order valence-corrected chi connectivity index (χ2v) is 7.77. The maximum atomic E-state index is 12.7. The molecule has 0 aliphatic carbocycles. The first-order valence-corrected chi connectivity index (χ1v) is 10.5. The molecule has 156 valence electrons. The number of anilines is 1. The van der Waals surface area contributed by atoms with E-state index < -0.39 is 0 Å². The Kier molecular flexibility index (Phi) is 6.46. The minimum absolute atomic E-state index is 0.0345. The number of rotatable bonds is 7. The summed E-state index contributed by atoms with van der Waals surface area (Å²) in [4.78, 5) is 25.1. The van der Waals surface area contributed by atoms with Crippen LogP contribution in [-0.4, -0.2) is 61.4 Å². The number of aromatic amines is 1. The van der Waals surface area contributed by atoms with Gasteiger partial charge in [0.25, 0.3) is 5.56 Å². The minimum atomic E-state index is 0.0345. The number of hydrogen-bond acceptors (Lipinski definition) is 6. The Morgan fingerprint density at radius 2 is 1.93 bits per heavy atom. The van der Waals surface area contributed by atoms with Gasteiger partial charge in [0.05, 0.1) is 12.3 Å². The molecule has 2 aliphatic rings. The quantitative estimate of drug-likeness (QED) is 0.720. The van der Waals surface area contributed by atoms with Gasteiger partial charge in [-0.05, 0) is 37.0 Å². The molecule has 0 saturated carbocycles. The van der Waals surface area contributed by atoms with Crippen molar-refractivity contribution < 1.29 is 9.47 Å². The Bertz CT molecular complexity index is 877. The van der Waals surface area contributed by atoms with Crippen molar-refractivity contribution in [3.05, 3.63) is 51.4 Å². The zero-order valence-corrected chi connectivity index (χ0v) is 17.2. The fraction of sp³-hybridized carbons (Fsp3) is 0.545. The smallest absolute Gasteiger partial charge is 0.255 e. The number of H-pyrrole nitrogens is 1. The summed E-state index contributed by atoms with van der Waals surface area (Å²) in [5, 5.41) is 0. The lowest BCUT2D eigenvalue weighted by Crippen LogP contribution is -2.27. The predicted molar refractivity (Wildman–Crippen MR) is 113 cm³/mol. The summed E-state index contributed by atoms with van der Waals surface area (Å²) in [5.41, 5.74) is 3.07. The maximum absolute atomic E-state index is 12.7. The van der Waals surface area contributed by atoms with Gasteiger partial charge in [0.1, 0.15) is 12.4 Å². The first-order valence-electron chi connectivity index (χ1n) is 10.5. The summed E-state index contributed by atoms with van der Waals surface area (Å²) in [6.07, 6.45) is 3.89. The van der Waals surface area contributed by atoms with Crippen LogP contribution in [0.15, 0.2) is 29.1 Å². The second kappa shape index (κ2) is 9.41. The Morgan fingerprint density at radius 1 is 1.10 bits per heavy atom. The van der Waals surface area contributed by atoms with Crippen molar-refractivity contribution in [3.63, 3.8) is 0 Å². The van der Waals surface area contributed by atoms with E-state index >= 15 is 0 Å². The van der Waals surface area contributed by atoms with E-state index in [4.69, 9.17) is 14.5 Å². The summed E-state index contributed by atoms with van der Waals surface area (Å²) in [6.45, 7) is 5.69. The summed E-state index contributed by atoms with van der Waals surface area (Å²) in [7, 11) is 1.67. The van der Waals surface area contributed by atoms with Crippen LogP contribution in [-0.2, 0) is 24.1 Å². The highest BCUT2D eigenvalue weighted by molar-refractivity contribution is 5.35. The van der Waals surface area contributed by atoms with Gasteiger partial charge in [-0.25, -0.2) is 4.98 Å². The normalized spacial score (nSPS) is 17.2. The van der Waals surface area contributed by atoms with Crippen LogP contribution >= 0.6 is 0 Å². The maximum Gasteiger partial charge on any atom is 0.255 e. The predicted octanol–water partition coefficient (Wildman–Crippen LogP) is 2.00. The van der Waals surface area contributed by atoms with Crippen LogP contribution in [0.25, 0.3) is 0 Å². The zero-order chi connectivity index (χ0) is 20.1. The highest BCUT2D eigenvalue weighted by Crippen LogP contribution is 2.20. The number of benzene rings is 1. The van der Waals surface area contributed by atoms with Crippen molar-refractivity contribution in [1.29, 1.82) is 0 Å². The molecule has 1 aromatic carbocycles. The average molecular weight is 399 g/mol. The number of nitrogens with one attached hydrogen (secondary N) is 1. The van der Waals surface area contributed by atoms with Gasteiger partial charge in [0.2, 0.25) is 5.95 Å². The Morgan fingerprint density at radius 3 is 2.76 bits per heavy atom. The lowest BCUT2D eigenvalue weighted by atomic mass is 10.1. The van der Waals surface area contributed by atoms with Gasteiger partial charge in [-0.15, -0.1) is 0 Å². The SMILES string of the molecule is COCCOc1cccc(CN2CCc3nc(N4CCCC4)[nH]c(=O)c3CC2)c1. The van der Waals surface area contributed by atoms with Crippen LogP contribution < -0.4 is 15.2 Å². The third-order valence-corrected chi connectivity index (χ3v) is 5.70. The van der Waals surface area contributed by atoms with Gasteiger partial charge in [-0.3, -0.25) is 14.7 Å². The molecular weight excluding hydrogens is 368 g/mol. The van der Waals surface area contributed by atoms with Crippen molar-refractivity contribution in [3.8, 4) is 5.75 Å². The second-order valence-electron chi connectivity index (χ2n) is 7.77. The topological polar surface area (TPSA) is 70.7 Å². The average Bonchev–Trinajstić information content (AvgIpc) is 3.18. The van der Waals surface area contributed by atoms with E-state index in [9.17, 15) is 4.79 Å². The third kappa shape index (κ3) is 4.97. The molecule has 0 spiro atoms. The fourth-order valence-corrected chi connectivity index (χ4v) is 4.11. The standard InChI is InChI=1S/C22H30N4O3/c1-28-13-14-29-18-6-4-5-17(15-18)16-25-11-7-19-20(8-12-25)23-22(24-21(19)27)26-9-2-3-10-26/h4-6,15H,2-3,7-14,16H2,1H3,(H,23,24,27). The highest BCUT2D eigenvalue weighted by Gasteiger charge is 2.21. The van der Waals surface area contributed by atoms with Crippen molar-refractivity contribution >= 4 is 5.95 Å². The molecule has 4 rings (SSSR count). The van der Waals surface area contributed by atoms with Crippen LogP contribution in [0.1, 0.15) is 29.7 Å². The van der Waals surface area contributed by atoms with Crippen molar-refractivity contribution in [2.75, 3.05) is 51.4 Å². The molecule has 29 heavy (non-hydrogen) atoms. The molecule has 1 N–H and O–H groups in total. The summed E-state index contributed by atoms with van der Waals surface area (Å²) in [5.74, 6) is 1.62. The molecule has 7 nitrogen and oxygen atoms in total. The first-order chi connectivity index (χ1) is 14.2. The number of aromatic nitrogens is 2.